The van der Waals surface area contributed by atoms with Crippen molar-refractivity contribution in [1.29, 1.82) is 0 Å². The van der Waals surface area contributed by atoms with Gasteiger partial charge in [-0.3, -0.25) is 0 Å². The summed E-state index contributed by atoms with van der Waals surface area (Å²) < 4.78 is 0. The molecule has 2 nitrogen and oxygen atoms in total. The van der Waals surface area contributed by atoms with Crippen LogP contribution in [-0.4, -0.2) is 37.3 Å². The van der Waals surface area contributed by atoms with Gasteiger partial charge in [0.05, 0.1) is 0 Å². The monoisotopic (exact) mass is 339 g/mol. The molecule has 0 fully saturated rings. The maximum absolute atomic E-state index is 8.71. The number of aliphatic hydroxyl groups excluding tert-OH is 1. The van der Waals surface area contributed by atoms with E-state index < -0.39 is 0 Å². The van der Waals surface area contributed by atoms with E-state index in [-0.39, 0.29) is 0 Å². The molecule has 0 aliphatic heterocycles. The Balaban J connectivity index is 3.06. The highest BCUT2D eigenvalue weighted by molar-refractivity contribution is 4.81. The van der Waals surface area contributed by atoms with E-state index in [1.165, 1.54) is 103 Å². The topological polar surface area (TPSA) is 23.5 Å². The minimum absolute atomic E-state index is 0.364. The zero-order chi connectivity index (χ0) is 17.7. The van der Waals surface area contributed by atoms with E-state index in [1.54, 1.807) is 0 Å². The van der Waals surface area contributed by atoms with E-state index in [2.05, 4.69) is 31.1 Å². The molecule has 0 aromatic carbocycles. The van der Waals surface area contributed by atoms with Gasteiger partial charge in [0.1, 0.15) is 0 Å². The molecule has 0 aliphatic rings. The minimum atomic E-state index is 0.364. The summed E-state index contributed by atoms with van der Waals surface area (Å²) in [5.41, 5.74) is 0. The molecule has 0 atom stereocenters. The normalized spacial score (nSPS) is 11.8. The Kier molecular flexibility index (Phi) is 20.4. The van der Waals surface area contributed by atoms with Gasteiger partial charge in [-0.15, -0.1) is 0 Å². The van der Waals surface area contributed by atoms with Crippen molar-refractivity contribution in [3.05, 3.63) is 12.2 Å². The molecule has 0 saturated carbocycles. The summed E-state index contributed by atoms with van der Waals surface area (Å²) in [5.74, 6) is 0. The van der Waals surface area contributed by atoms with Crippen LogP contribution in [-0.2, 0) is 0 Å². The molecule has 0 bridgehead atoms. The summed E-state index contributed by atoms with van der Waals surface area (Å²) in [5, 5.41) is 8.71. The third-order valence-electron chi connectivity index (χ3n) is 4.67. The lowest BCUT2D eigenvalue weighted by molar-refractivity contribution is 0.282. The van der Waals surface area contributed by atoms with Crippen LogP contribution in [0.1, 0.15) is 103 Å². The maximum atomic E-state index is 8.71. The van der Waals surface area contributed by atoms with Crippen molar-refractivity contribution >= 4 is 0 Å². The van der Waals surface area contributed by atoms with Crippen LogP contribution in [0.25, 0.3) is 0 Å². The van der Waals surface area contributed by atoms with Crippen LogP contribution in [0.4, 0.5) is 0 Å². The molecule has 0 spiro atoms. The Morgan fingerprint density at radius 3 is 1.33 bits per heavy atom. The lowest BCUT2D eigenvalue weighted by Gasteiger charge is -2.08. The quantitative estimate of drug-likeness (QED) is 0.219. The van der Waals surface area contributed by atoms with Gasteiger partial charge in [0.15, 0.2) is 0 Å². The van der Waals surface area contributed by atoms with E-state index in [0.29, 0.717) is 6.61 Å². The smallest absolute Gasteiger partial charge is 0.0431 e. The van der Waals surface area contributed by atoms with Crippen molar-refractivity contribution in [1.82, 2.24) is 4.90 Å². The fraction of sp³-hybridized carbons (Fsp3) is 0.909. The van der Waals surface area contributed by atoms with Gasteiger partial charge in [-0.05, 0) is 59.2 Å². The Labute approximate surface area is 152 Å². The van der Waals surface area contributed by atoms with Gasteiger partial charge in [-0.2, -0.15) is 0 Å². The van der Waals surface area contributed by atoms with Gasteiger partial charge >= 0.3 is 0 Å². The first kappa shape index (κ1) is 23.7. The zero-order valence-electron chi connectivity index (χ0n) is 16.8. The van der Waals surface area contributed by atoms with Crippen LogP contribution >= 0.6 is 0 Å². The molecule has 144 valence electrons. The molecule has 0 aliphatic carbocycles. The average Bonchev–Trinajstić information content (AvgIpc) is 2.56. The van der Waals surface area contributed by atoms with Crippen molar-refractivity contribution in [2.24, 2.45) is 0 Å². The second-order valence-electron chi connectivity index (χ2n) is 7.53. The van der Waals surface area contributed by atoms with Gasteiger partial charge in [0, 0.05) is 6.61 Å². The standard InChI is InChI=1S/C22H45NO/c1-23(2)21-19-17-15-13-11-9-7-5-3-4-6-8-10-12-14-16-18-20-22-24/h3,5,24H,4,6-22H2,1-2H3/b5-3-. The Hall–Kier alpha value is -0.340. The second-order valence-corrected chi connectivity index (χ2v) is 7.53. The molecule has 1 N–H and O–H groups in total. The van der Waals surface area contributed by atoms with Crippen molar-refractivity contribution < 1.29 is 5.11 Å². The number of nitrogens with zero attached hydrogens (tertiary/aromatic N) is 1. The van der Waals surface area contributed by atoms with E-state index in [0.717, 1.165) is 6.42 Å². The molecule has 0 radical (unpaired) electrons. The van der Waals surface area contributed by atoms with Crippen molar-refractivity contribution in [3.8, 4) is 0 Å². The molecule has 2 heteroatoms. The van der Waals surface area contributed by atoms with Gasteiger partial charge in [-0.25, -0.2) is 0 Å². The van der Waals surface area contributed by atoms with Gasteiger partial charge < -0.3 is 10.0 Å². The first-order valence-corrected chi connectivity index (χ1v) is 10.7. The Morgan fingerprint density at radius 2 is 0.917 bits per heavy atom. The van der Waals surface area contributed by atoms with Crippen LogP contribution < -0.4 is 0 Å². The Morgan fingerprint density at radius 1 is 0.542 bits per heavy atom. The highest BCUT2D eigenvalue weighted by Crippen LogP contribution is 2.11. The fourth-order valence-corrected chi connectivity index (χ4v) is 3.07. The number of rotatable bonds is 19. The SMILES string of the molecule is CN(C)CCCCCCCC/C=C\CCCCCCCCCCO. The first-order chi connectivity index (χ1) is 11.8. The minimum Gasteiger partial charge on any atom is -0.396 e. The predicted octanol–water partition coefficient (Wildman–Crippen LogP) is 6.34. The molecule has 0 unspecified atom stereocenters. The summed E-state index contributed by atoms with van der Waals surface area (Å²) in [7, 11) is 4.32. The summed E-state index contributed by atoms with van der Waals surface area (Å²) in [6.45, 7) is 1.61. The van der Waals surface area contributed by atoms with E-state index in [9.17, 15) is 0 Å². The van der Waals surface area contributed by atoms with Crippen LogP contribution in [0.2, 0.25) is 0 Å². The van der Waals surface area contributed by atoms with Crippen molar-refractivity contribution in [3.63, 3.8) is 0 Å². The third kappa shape index (κ3) is 21.7. The van der Waals surface area contributed by atoms with Crippen molar-refractivity contribution in [2.75, 3.05) is 27.2 Å². The second kappa shape index (κ2) is 20.7. The number of hydrogen-bond donors (Lipinski definition) is 1. The highest BCUT2D eigenvalue weighted by Gasteiger charge is 1.93. The average molecular weight is 340 g/mol. The van der Waals surface area contributed by atoms with Crippen LogP contribution in [0.3, 0.4) is 0 Å². The van der Waals surface area contributed by atoms with Gasteiger partial charge in [0.2, 0.25) is 0 Å². The van der Waals surface area contributed by atoms with Gasteiger partial charge in [-0.1, -0.05) is 76.4 Å². The number of unbranched alkanes of at least 4 members (excludes halogenated alkanes) is 14. The lowest BCUT2D eigenvalue weighted by atomic mass is 10.1. The van der Waals surface area contributed by atoms with Gasteiger partial charge in [0.25, 0.3) is 0 Å². The summed E-state index contributed by atoms with van der Waals surface area (Å²) in [6.07, 6.45) is 26.1. The van der Waals surface area contributed by atoms with Crippen molar-refractivity contribution in [2.45, 2.75) is 103 Å². The summed E-state index contributed by atoms with van der Waals surface area (Å²) >= 11 is 0. The summed E-state index contributed by atoms with van der Waals surface area (Å²) in [4.78, 5) is 2.28. The number of hydrogen-bond acceptors (Lipinski definition) is 2. The fourth-order valence-electron chi connectivity index (χ4n) is 3.07. The van der Waals surface area contributed by atoms with E-state index in [1.807, 2.05) is 0 Å². The molecule has 0 saturated heterocycles. The molecule has 0 amide bonds. The highest BCUT2D eigenvalue weighted by atomic mass is 16.2. The van der Waals surface area contributed by atoms with Crippen LogP contribution in [0.15, 0.2) is 12.2 Å². The Bertz CT molecular complexity index is 250. The molecular weight excluding hydrogens is 294 g/mol. The lowest BCUT2D eigenvalue weighted by Crippen LogP contribution is -2.12. The van der Waals surface area contributed by atoms with Crippen LogP contribution in [0, 0.1) is 0 Å². The molecule has 0 aromatic heterocycles. The third-order valence-corrected chi connectivity index (χ3v) is 4.67. The zero-order valence-corrected chi connectivity index (χ0v) is 16.8. The molecule has 0 rings (SSSR count). The summed E-state index contributed by atoms with van der Waals surface area (Å²) in [6, 6.07) is 0. The van der Waals surface area contributed by atoms with Crippen LogP contribution in [0.5, 0.6) is 0 Å². The maximum Gasteiger partial charge on any atom is 0.0431 e. The predicted molar refractivity (Wildman–Crippen MR) is 109 cm³/mol. The van der Waals surface area contributed by atoms with E-state index in [4.69, 9.17) is 5.11 Å². The van der Waals surface area contributed by atoms with E-state index >= 15 is 0 Å². The molecular formula is C22H45NO. The largest absolute Gasteiger partial charge is 0.396 e. The molecule has 0 aromatic rings. The molecule has 0 heterocycles. The first-order valence-electron chi connectivity index (χ1n) is 10.7. The molecule has 24 heavy (non-hydrogen) atoms. The number of aliphatic hydroxyl groups is 1. The number of allylic oxidation sites excluding steroid dienone is 2.